The van der Waals surface area contributed by atoms with Gasteiger partial charge in [0, 0.05) is 17.6 Å². The van der Waals surface area contributed by atoms with E-state index in [4.69, 9.17) is 15.7 Å². The van der Waals surface area contributed by atoms with E-state index in [2.05, 4.69) is 10.1 Å². The number of fused-ring (bicyclic) bond motifs is 1. The van der Waals surface area contributed by atoms with Crippen molar-refractivity contribution in [2.75, 3.05) is 5.73 Å². The van der Waals surface area contributed by atoms with E-state index < -0.39 is 6.23 Å². The van der Waals surface area contributed by atoms with Crippen LogP contribution in [0.1, 0.15) is 31.3 Å². The van der Waals surface area contributed by atoms with Crippen molar-refractivity contribution in [1.82, 2.24) is 19.3 Å². The van der Waals surface area contributed by atoms with Crippen LogP contribution < -0.4 is 16.0 Å². The van der Waals surface area contributed by atoms with Crippen LogP contribution in [0.25, 0.3) is 16.7 Å². The molecule has 0 amide bonds. The summed E-state index contributed by atoms with van der Waals surface area (Å²) >= 11 is 0. The van der Waals surface area contributed by atoms with Crippen molar-refractivity contribution in [3.63, 3.8) is 0 Å². The summed E-state index contributed by atoms with van der Waals surface area (Å²) in [6.45, 7) is 3.88. The Morgan fingerprint density at radius 2 is 1.97 bits per heavy atom. The lowest BCUT2D eigenvalue weighted by Crippen LogP contribution is -2.17. The number of rotatable bonds is 5. The van der Waals surface area contributed by atoms with E-state index in [0.29, 0.717) is 22.8 Å². The molecular weight excluding hydrogens is 384 g/mol. The minimum absolute atomic E-state index is 0.0354. The van der Waals surface area contributed by atoms with Crippen molar-refractivity contribution in [3.8, 4) is 17.5 Å². The highest BCUT2D eigenvalue weighted by Crippen LogP contribution is 2.24. The van der Waals surface area contributed by atoms with Crippen LogP contribution in [0.4, 0.5) is 5.82 Å². The Bertz CT molecular complexity index is 1310. The van der Waals surface area contributed by atoms with Crippen molar-refractivity contribution in [2.45, 2.75) is 26.2 Å². The number of aliphatic hydroxyl groups excluding tert-OH is 1. The first kappa shape index (κ1) is 19.3. The second-order valence-electron chi connectivity index (χ2n) is 7.09. The van der Waals surface area contributed by atoms with Gasteiger partial charge in [0.25, 0.3) is 5.56 Å². The maximum atomic E-state index is 12.6. The molecule has 9 nitrogen and oxygen atoms in total. The van der Waals surface area contributed by atoms with Gasteiger partial charge in [0.2, 0.25) is 0 Å². The molecule has 4 aromatic rings. The maximum absolute atomic E-state index is 12.6. The summed E-state index contributed by atoms with van der Waals surface area (Å²) in [4.78, 5) is 15.7. The molecule has 0 fully saturated rings. The minimum Gasteiger partial charge on any atom is -0.491 e. The molecule has 0 aliphatic rings. The highest BCUT2D eigenvalue weighted by atomic mass is 16.5. The highest BCUT2D eigenvalue weighted by molar-refractivity contribution is 5.78. The summed E-state index contributed by atoms with van der Waals surface area (Å²) in [5.74, 6) is 0.745. The molecule has 1 aromatic carbocycles. The Kier molecular flexibility index (Phi) is 4.77. The van der Waals surface area contributed by atoms with E-state index in [-0.39, 0.29) is 23.0 Å². The van der Waals surface area contributed by atoms with Crippen molar-refractivity contribution in [3.05, 3.63) is 70.3 Å². The number of nitriles is 1. The lowest BCUT2D eigenvalue weighted by molar-refractivity contribution is 0.128. The number of aromatic amines is 1. The molecule has 0 saturated carbocycles. The average molecular weight is 404 g/mol. The first-order valence-corrected chi connectivity index (χ1v) is 9.32. The predicted octanol–water partition coefficient (Wildman–Crippen LogP) is 2.30. The fourth-order valence-electron chi connectivity index (χ4n) is 3.24. The van der Waals surface area contributed by atoms with Gasteiger partial charge in [-0.25, -0.2) is 4.68 Å². The van der Waals surface area contributed by atoms with Crippen LogP contribution in [0.5, 0.6) is 5.75 Å². The Morgan fingerprint density at radius 3 is 2.60 bits per heavy atom. The Balaban J connectivity index is 1.77. The van der Waals surface area contributed by atoms with Crippen molar-refractivity contribution < 1.29 is 9.84 Å². The summed E-state index contributed by atoms with van der Waals surface area (Å²) < 4.78 is 8.37. The van der Waals surface area contributed by atoms with Crippen molar-refractivity contribution in [1.29, 1.82) is 5.26 Å². The molecule has 152 valence electrons. The Labute approximate surface area is 171 Å². The van der Waals surface area contributed by atoms with E-state index in [1.165, 1.54) is 21.5 Å². The molecule has 3 aromatic heterocycles. The number of nitrogens with one attached hydrogen (secondary N) is 1. The quantitative estimate of drug-likeness (QED) is 0.467. The number of anilines is 1. The number of aliphatic hydroxyl groups is 1. The lowest BCUT2D eigenvalue weighted by Gasteiger charge is -2.12. The molecule has 0 spiro atoms. The second-order valence-corrected chi connectivity index (χ2v) is 7.09. The number of ether oxygens (including phenoxy) is 1. The monoisotopic (exact) mass is 404 g/mol. The summed E-state index contributed by atoms with van der Waals surface area (Å²) in [5, 5.41) is 24.4. The van der Waals surface area contributed by atoms with Gasteiger partial charge in [-0.05, 0) is 50.2 Å². The van der Waals surface area contributed by atoms with Gasteiger partial charge in [-0.3, -0.25) is 9.36 Å². The van der Waals surface area contributed by atoms with Gasteiger partial charge < -0.3 is 20.6 Å². The standard InChI is InChI=1S/C21H20N6O3/c1-12(2)30-16-6-4-15(5-7-16)27-18(28)8-3-13-9-17(24-20(13)27)21(29)26-11-14(10-22)19(23)25-26/h3-9,11-12,21,24,29H,1-2H3,(H2,23,25). The average Bonchev–Trinajstić information content (AvgIpc) is 3.31. The number of hydrogen-bond acceptors (Lipinski definition) is 6. The summed E-state index contributed by atoms with van der Waals surface area (Å²) in [6, 6.07) is 14.0. The zero-order chi connectivity index (χ0) is 21.4. The topological polar surface area (TPSA) is 135 Å². The lowest BCUT2D eigenvalue weighted by atomic mass is 10.2. The molecule has 1 atom stereocenters. The van der Waals surface area contributed by atoms with Crippen LogP contribution in [0.3, 0.4) is 0 Å². The zero-order valence-electron chi connectivity index (χ0n) is 16.4. The Hall–Kier alpha value is -4.03. The van der Waals surface area contributed by atoms with Gasteiger partial charge in [-0.15, -0.1) is 0 Å². The molecule has 9 heteroatoms. The maximum Gasteiger partial charge on any atom is 0.256 e. The summed E-state index contributed by atoms with van der Waals surface area (Å²) in [5.41, 5.74) is 7.20. The van der Waals surface area contributed by atoms with Crippen LogP contribution in [-0.2, 0) is 0 Å². The third kappa shape index (κ3) is 3.40. The highest BCUT2D eigenvalue weighted by Gasteiger charge is 2.18. The number of hydrogen-bond donors (Lipinski definition) is 3. The number of H-pyrrole nitrogens is 1. The van der Waals surface area contributed by atoms with Gasteiger partial charge in [0.05, 0.1) is 17.5 Å². The molecule has 0 aliphatic carbocycles. The number of pyridine rings is 1. The number of aromatic nitrogens is 4. The number of benzene rings is 1. The molecule has 4 N–H and O–H groups in total. The smallest absolute Gasteiger partial charge is 0.256 e. The molecule has 0 bridgehead atoms. The van der Waals surface area contributed by atoms with E-state index in [0.717, 1.165) is 5.39 Å². The molecule has 0 radical (unpaired) electrons. The minimum atomic E-state index is -1.20. The first-order valence-electron chi connectivity index (χ1n) is 9.32. The molecule has 0 saturated heterocycles. The van der Waals surface area contributed by atoms with E-state index >= 15 is 0 Å². The largest absolute Gasteiger partial charge is 0.491 e. The fraction of sp³-hybridized carbons (Fsp3) is 0.190. The third-order valence-corrected chi connectivity index (χ3v) is 4.57. The molecule has 1 unspecified atom stereocenters. The molecule has 30 heavy (non-hydrogen) atoms. The molecule has 3 heterocycles. The van der Waals surface area contributed by atoms with Crippen molar-refractivity contribution in [2.24, 2.45) is 0 Å². The number of nitrogen functional groups attached to an aromatic ring is 1. The summed E-state index contributed by atoms with van der Waals surface area (Å²) in [6.07, 6.45) is 0.214. The molecule has 0 aliphatic heterocycles. The normalized spacial score (nSPS) is 12.2. The number of nitrogens with two attached hydrogens (primary N) is 1. The van der Waals surface area contributed by atoms with Crippen LogP contribution in [0.15, 0.2) is 53.5 Å². The van der Waals surface area contributed by atoms with Crippen LogP contribution in [0, 0.1) is 11.3 Å². The van der Waals surface area contributed by atoms with E-state index in [1.807, 2.05) is 19.9 Å². The molecular formula is C21H20N6O3. The van der Waals surface area contributed by atoms with Crippen LogP contribution >= 0.6 is 0 Å². The van der Waals surface area contributed by atoms with Crippen molar-refractivity contribution >= 4 is 16.9 Å². The second kappa shape index (κ2) is 7.42. The van der Waals surface area contributed by atoms with E-state index in [9.17, 15) is 9.90 Å². The van der Waals surface area contributed by atoms with Gasteiger partial charge in [0.1, 0.15) is 23.0 Å². The first-order chi connectivity index (χ1) is 14.4. The summed E-state index contributed by atoms with van der Waals surface area (Å²) in [7, 11) is 0. The Morgan fingerprint density at radius 1 is 1.23 bits per heavy atom. The van der Waals surface area contributed by atoms with Crippen LogP contribution in [-0.4, -0.2) is 30.5 Å². The SMILES string of the molecule is CC(C)Oc1ccc(-n2c(=O)ccc3cc(C(O)n4cc(C#N)c(N)n4)[nH]c32)cc1. The van der Waals surface area contributed by atoms with Gasteiger partial charge >= 0.3 is 0 Å². The zero-order valence-corrected chi connectivity index (χ0v) is 16.4. The number of nitrogens with zero attached hydrogens (tertiary/aromatic N) is 4. The molecule has 4 rings (SSSR count). The van der Waals surface area contributed by atoms with Gasteiger partial charge in [0.15, 0.2) is 12.0 Å². The third-order valence-electron chi connectivity index (χ3n) is 4.57. The van der Waals surface area contributed by atoms with E-state index in [1.54, 1.807) is 36.4 Å². The fourth-order valence-corrected chi connectivity index (χ4v) is 3.24. The van der Waals surface area contributed by atoms with Gasteiger partial charge in [-0.2, -0.15) is 10.4 Å². The van der Waals surface area contributed by atoms with Crippen LogP contribution in [0.2, 0.25) is 0 Å². The van der Waals surface area contributed by atoms with Gasteiger partial charge in [-0.1, -0.05) is 0 Å². The predicted molar refractivity (Wildman–Crippen MR) is 111 cm³/mol.